The number of carbonyl (C=O) groups is 1. The first-order chi connectivity index (χ1) is 10.1. The molecule has 1 aromatic heterocycles. The normalized spacial score (nSPS) is 11.9. The summed E-state index contributed by atoms with van der Waals surface area (Å²) in [5, 5.41) is 5.06. The van der Waals surface area contributed by atoms with Crippen molar-refractivity contribution < 1.29 is 9.53 Å². The van der Waals surface area contributed by atoms with Crippen LogP contribution >= 0.6 is 11.8 Å². The number of thioether (sulfide) groups is 1. The van der Waals surface area contributed by atoms with Gasteiger partial charge in [0.25, 0.3) is 5.56 Å². The van der Waals surface area contributed by atoms with Gasteiger partial charge in [-0.15, -0.1) is 0 Å². The van der Waals surface area contributed by atoms with Gasteiger partial charge in [0.15, 0.2) is 5.03 Å². The number of aromatic amines is 2. The highest BCUT2D eigenvalue weighted by atomic mass is 32.2. The fourth-order valence-corrected chi connectivity index (χ4v) is 2.56. The predicted octanol–water partition coefficient (Wildman–Crippen LogP) is 0.855. The van der Waals surface area contributed by atoms with Crippen LogP contribution in [0.1, 0.15) is 17.7 Å². The molecule has 0 bridgehead atoms. The second kappa shape index (κ2) is 6.89. The highest BCUT2D eigenvalue weighted by Crippen LogP contribution is 2.33. The van der Waals surface area contributed by atoms with E-state index in [1.54, 1.807) is 31.2 Å². The molecule has 1 atom stereocenters. The summed E-state index contributed by atoms with van der Waals surface area (Å²) in [4.78, 5) is 36.8. The first-order valence-corrected chi connectivity index (χ1v) is 7.07. The number of ether oxygens (including phenoxy) is 1. The molecule has 110 valence electrons. The summed E-state index contributed by atoms with van der Waals surface area (Å²) >= 11 is 0.926. The Kier molecular flexibility index (Phi) is 4.94. The summed E-state index contributed by atoms with van der Waals surface area (Å²) in [5.41, 5.74) is -0.654. The van der Waals surface area contributed by atoms with Crippen LogP contribution in [0.5, 0.6) is 0 Å². The lowest BCUT2D eigenvalue weighted by molar-refractivity contribution is -0.142. The quantitative estimate of drug-likeness (QED) is 0.627. The number of rotatable bonds is 5. The molecular weight excluding hydrogens is 294 g/mol. The van der Waals surface area contributed by atoms with Gasteiger partial charge in [-0.05, 0) is 12.5 Å². The highest BCUT2D eigenvalue weighted by molar-refractivity contribution is 8.00. The molecule has 0 aliphatic rings. The maximum Gasteiger partial charge on any atom is 0.342 e. The van der Waals surface area contributed by atoms with Crippen LogP contribution in [0.2, 0.25) is 0 Å². The zero-order chi connectivity index (χ0) is 15.2. The molecule has 0 aliphatic heterocycles. The SMILES string of the molecule is CCOC(=O)[C@H](Sc1n[nH]c(=O)[nH]c1=O)c1ccccc1. The maximum atomic E-state index is 12.1. The Morgan fingerprint density at radius 3 is 2.67 bits per heavy atom. The van der Waals surface area contributed by atoms with Crippen LogP contribution in [0, 0.1) is 0 Å². The molecule has 0 saturated carbocycles. The Morgan fingerprint density at radius 1 is 1.33 bits per heavy atom. The minimum Gasteiger partial charge on any atom is -0.465 e. The Bertz CT molecular complexity index is 726. The fourth-order valence-electron chi connectivity index (χ4n) is 1.63. The standard InChI is InChI=1S/C13H13N3O4S/c1-2-20-12(18)9(8-6-4-3-5-7-8)21-11-10(17)14-13(19)16-15-11/h3-7,9H,2H2,1H3,(H2,14,16,17,19)/t9-/m1/s1. The molecule has 0 amide bonds. The molecular formula is C13H13N3O4S. The Hall–Kier alpha value is -2.35. The lowest BCUT2D eigenvalue weighted by atomic mass is 10.1. The zero-order valence-electron chi connectivity index (χ0n) is 11.2. The molecule has 0 aliphatic carbocycles. The molecule has 1 heterocycles. The molecule has 0 spiro atoms. The smallest absolute Gasteiger partial charge is 0.342 e. The molecule has 8 heteroatoms. The summed E-state index contributed by atoms with van der Waals surface area (Å²) in [5.74, 6) is -0.471. The summed E-state index contributed by atoms with van der Waals surface area (Å²) in [6.07, 6.45) is 0. The number of nitrogens with zero attached hydrogens (tertiary/aromatic N) is 1. The van der Waals surface area contributed by atoms with E-state index in [9.17, 15) is 14.4 Å². The fraction of sp³-hybridized carbons (Fsp3) is 0.231. The third-order valence-corrected chi connectivity index (χ3v) is 3.71. The molecule has 1 aromatic carbocycles. The number of benzene rings is 1. The van der Waals surface area contributed by atoms with Crippen molar-refractivity contribution in [2.45, 2.75) is 17.2 Å². The molecule has 0 fully saturated rings. The molecule has 7 nitrogen and oxygen atoms in total. The lowest BCUT2D eigenvalue weighted by Gasteiger charge is -2.14. The summed E-state index contributed by atoms with van der Waals surface area (Å²) in [6.45, 7) is 1.94. The Balaban J connectivity index is 2.34. The van der Waals surface area contributed by atoms with Crippen LogP contribution in [0.4, 0.5) is 0 Å². The van der Waals surface area contributed by atoms with E-state index < -0.39 is 22.5 Å². The minimum atomic E-state index is -0.731. The average Bonchev–Trinajstić information content (AvgIpc) is 2.47. The van der Waals surface area contributed by atoms with Gasteiger partial charge in [0.2, 0.25) is 0 Å². The van der Waals surface area contributed by atoms with Crippen LogP contribution in [0.15, 0.2) is 44.9 Å². The number of nitrogens with one attached hydrogen (secondary N) is 2. The first-order valence-electron chi connectivity index (χ1n) is 6.19. The zero-order valence-corrected chi connectivity index (χ0v) is 12.0. The van der Waals surface area contributed by atoms with Crippen molar-refractivity contribution in [3.63, 3.8) is 0 Å². The van der Waals surface area contributed by atoms with Gasteiger partial charge in [-0.2, -0.15) is 5.10 Å². The van der Waals surface area contributed by atoms with E-state index >= 15 is 0 Å². The monoisotopic (exact) mass is 307 g/mol. The van der Waals surface area contributed by atoms with Gasteiger partial charge in [0.1, 0.15) is 5.25 Å². The number of carbonyl (C=O) groups excluding carboxylic acids is 1. The van der Waals surface area contributed by atoms with E-state index in [4.69, 9.17) is 4.74 Å². The molecule has 2 aromatic rings. The van der Waals surface area contributed by atoms with Crippen molar-refractivity contribution in [1.82, 2.24) is 15.2 Å². The summed E-state index contributed by atoms with van der Waals surface area (Å²) < 4.78 is 5.02. The highest BCUT2D eigenvalue weighted by Gasteiger charge is 2.25. The largest absolute Gasteiger partial charge is 0.465 e. The third-order valence-electron chi connectivity index (χ3n) is 2.51. The minimum absolute atomic E-state index is 0.00324. The molecule has 0 radical (unpaired) electrons. The molecule has 21 heavy (non-hydrogen) atoms. The molecule has 0 unspecified atom stereocenters. The third kappa shape index (κ3) is 3.82. The van der Waals surface area contributed by atoms with Crippen LogP contribution in [-0.4, -0.2) is 27.8 Å². The number of esters is 1. The number of H-pyrrole nitrogens is 2. The first kappa shape index (κ1) is 15.0. The lowest BCUT2D eigenvalue weighted by Crippen LogP contribution is -2.26. The van der Waals surface area contributed by atoms with E-state index in [2.05, 4.69) is 15.2 Å². The summed E-state index contributed by atoms with van der Waals surface area (Å²) in [7, 11) is 0. The van der Waals surface area contributed by atoms with Crippen LogP contribution < -0.4 is 11.2 Å². The second-order valence-corrected chi connectivity index (χ2v) is 5.07. The van der Waals surface area contributed by atoms with Crippen molar-refractivity contribution in [2.24, 2.45) is 0 Å². The van der Waals surface area contributed by atoms with E-state index in [0.717, 1.165) is 11.8 Å². The van der Waals surface area contributed by atoms with Gasteiger partial charge in [-0.1, -0.05) is 42.1 Å². The van der Waals surface area contributed by atoms with Gasteiger partial charge < -0.3 is 4.74 Å². The van der Waals surface area contributed by atoms with Crippen molar-refractivity contribution in [3.05, 3.63) is 56.7 Å². The molecule has 2 N–H and O–H groups in total. The van der Waals surface area contributed by atoms with Crippen LogP contribution in [0.25, 0.3) is 0 Å². The van der Waals surface area contributed by atoms with Gasteiger partial charge in [0, 0.05) is 0 Å². The summed E-state index contributed by atoms with van der Waals surface area (Å²) in [6, 6.07) is 8.91. The van der Waals surface area contributed by atoms with Gasteiger partial charge >= 0.3 is 11.7 Å². The van der Waals surface area contributed by atoms with Crippen molar-refractivity contribution in [1.29, 1.82) is 0 Å². The van der Waals surface area contributed by atoms with Gasteiger partial charge in [0.05, 0.1) is 6.61 Å². The second-order valence-electron chi connectivity index (χ2n) is 3.97. The van der Waals surface area contributed by atoms with Crippen LogP contribution in [0.3, 0.4) is 0 Å². The topological polar surface area (TPSA) is 105 Å². The Morgan fingerprint density at radius 2 is 2.05 bits per heavy atom. The van der Waals surface area contributed by atoms with Crippen molar-refractivity contribution >= 4 is 17.7 Å². The van der Waals surface area contributed by atoms with E-state index in [-0.39, 0.29) is 11.6 Å². The average molecular weight is 307 g/mol. The maximum absolute atomic E-state index is 12.1. The van der Waals surface area contributed by atoms with E-state index in [1.807, 2.05) is 6.07 Å². The van der Waals surface area contributed by atoms with Crippen molar-refractivity contribution in [3.8, 4) is 0 Å². The predicted molar refractivity (Wildman–Crippen MR) is 77.2 cm³/mol. The number of hydrogen-bond donors (Lipinski definition) is 2. The molecule has 0 saturated heterocycles. The molecule has 2 rings (SSSR count). The number of hydrogen-bond acceptors (Lipinski definition) is 6. The van der Waals surface area contributed by atoms with Gasteiger partial charge in [-0.3, -0.25) is 14.6 Å². The van der Waals surface area contributed by atoms with Gasteiger partial charge in [-0.25, -0.2) is 9.89 Å². The number of aromatic nitrogens is 3. The van der Waals surface area contributed by atoms with Crippen molar-refractivity contribution in [2.75, 3.05) is 6.61 Å². The van der Waals surface area contributed by atoms with E-state index in [1.165, 1.54) is 0 Å². The van der Waals surface area contributed by atoms with E-state index in [0.29, 0.717) is 5.56 Å². The van der Waals surface area contributed by atoms with Crippen LogP contribution in [-0.2, 0) is 9.53 Å². The Labute approximate surface area is 123 Å².